The molecule has 0 aliphatic carbocycles. The molecular formula is C26H29NO7. The second-order valence-electron chi connectivity index (χ2n) is 8.91. The molecule has 0 saturated carbocycles. The molecule has 3 aromatic rings. The number of aliphatic hydroxyl groups excluding tert-OH is 3. The second-order valence-corrected chi connectivity index (χ2v) is 8.91. The molecule has 8 heteroatoms. The Labute approximate surface area is 197 Å². The topological polar surface area (TPSA) is 132 Å². The van der Waals surface area contributed by atoms with E-state index in [1.807, 2.05) is 44.2 Å². The van der Waals surface area contributed by atoms with Crippen LogP contribution in [0.1, 0.15) is 18.1 Å². The predicted molar refractivity (Wildman–Crippen MR) is 125 cm³/mol. The lowest BCUT2D eigenvalue weighted by atomic mass is 9.88. The Balaban J connectivity index is 1.59. The van der Waals surface area contributed by atoms with E-state index in [1.54, 1.807) is 24.5 Å². The van der Waals surface area contributed by atoms with Crippen molar-refractivity contribution < 1.29 is 35.0 Å². The van der Waals surface area contributed by atoms with Crippen LogP contribution in [0.4, 0.5) is 0 Å². The summed E-state index contributed by atoms with van der Waals surface area (Å²) in [5, 5.41) is 50.2. The largest absolute Gasteiger partial charge is 0.508 e. The lowest BCUT2D eigenvalue weighted by molar-refractivity contribution is -0.314. The summed E-state index contributed by atoms with van der Waals surface area (Å²) in [5.74, 6) is 0.667. The first-order valence-electron chi connectivity index (χ1n) is 11.0. The molecule has 34 heavy (non-hydrogen) atoms. The number of pyridine rings is 1. The molecule has 2 unspecified atom stereocenters. The summed E-state index contributed by atoms with van der Waals surface area (Å²) < 4.78 is 11.4. The number of aliphatic hydroxyl groups is 4. The van der Waals surface area contributed by atoms with Crippen LogP contribution in [0.2, 0.25) is 0 Å². The van der Waals surface area contributed by atoms with E-state index in [-0.39, 0.29) is 5.75 Å². The smallest absolute Gasteiger partial charge is 0.231 e. The minimum atomic E-state index is -1.89. The number of hydrogen-bond donors (Lipinski definition) is 5. The first-order valence-corrected chi connectivity index (χ1v) is 11.0. The molecule has 1 fully saturated rings. The fourth-order valence-corrected chi connectivity index (χ4v) is 4.03. The van der Waals surface area contributed by atoms with Crippen molar-refractivity contribution in [3.63, 3.8) is 0 Å². The summed E-state index contributed by atoms with van der Waals surface area (Å²) >= 11 is 0. The standard InChI is InChI=1S/C26H29NO7/c1-14-8-16(4-6-20(14)29)18-10-19(12-27-11-18)17-5-7-21(15(2)9-17)33-25-26(3,32)24(31)23(30)22(13-28)34-25/h4-12,22-25,28-32H,13H2,1-3H3/t22?,23-,24?,25+,26+/m1/s1. The summed E-state index contributed by atoms with van der Waals surface area (Å²) in [6, 6.07) is 12.9. The Morgan fingerprint density at radius 2 is 1.56 bits per heavy atom. The van der Waals surface area contributed by atoms with Gasteiger partial charge < -0.3 is 35.0 Å². The maximum absolute atomic E-state index is 10.7. The molecule has 1 saturated heterocycles. The van der Waals surface area contributed by atoms with Crippen LogP contribution in [-0.4, -0.2) is 67.3 Å². The molecule has 5 atom stereocenters. The van der Waals surface area contributed by atoms with Gasteiger partial charge in [-0.1, -0.05) is 12.1 Å². The molecule has 1 aliphatic heterocycles. The number of ether oxygens (including phenoxy) is 2. The Morgan fingerprint density at radius 1 is 0.941 bits per heavy atom. The highest BCUT2D eigenvalue weighted by Crippen LogP contribution is 2.34. The molecule has 0 amide bonds. The first-order chi connectivity index (χ1) is 16.1. The zero-order valence-corrected chi connectivity index (χ0v) is 19.2. The Hall–Kier alpha value is -3.01. The SMILES string of the molecule is Cc1cc(-c2cncc(-c3ccc(O[C@H]4OC(CO)[C@@H](O)C(O)[C@]4(C)O)c(C)c3)c2)ccc1O. The normalized spacial score (nSPS) is 26.9. The van der Waals surface area contributed by atoms with E-state index < -0.39 is 36.8 Å². The van der Waals surface area contributed by atoms with Crippen molar-refractivity contribution in [2.45, 2.75) is 51.0 Å². The van der Waals surface area contributed by atoms with Gasteiger partial charge in [-0.3, -0.25) is 4.98 Å². The van der Waals surface area contributed by atoms with E-state index in [0.29, 0.717) is 5.75 Å². The zero-order chi connectivity index (χ0) is 24.6. The Kier molecular flexibility index (Phi) is 6.62. The van der Waals surface area contributed by atoms with Gasteiger partial charge in [-0.05, 0) is 73.4 Å². The number of aromatic hydroxyl groups is 1. The minimum Gasteiger partial charge on any atom is -0.508 e. The minimum absolute atomic E-state index is 0.243. The fourth-order valence-electron chi connectivity index (χ4n) is 4.03. The molecule has 5 N–H and O–H groups in total. The van der Waals surface area contributed by atoms with E-state index in [9.17, 15) is 25.5 Å². The van der Waals surface area contributed by atoms with Gasteiger partial charge in [-0.25, -0.2) is 0 Å². The Morgan fingerprint density at radius 3 is 2.15 bits per heavy atom. The van der Waals surface area contributed by atoms with Crippen LogP contribution in [0, 0.1) is 13.8 Å². The number of benzene rings is 2. The highest BCUT2D eigenvalue weighted by molar-refractivity contribution is 5.73. The molecule has 4 rings (SSSR count). The molecule has 2 aromatic carbocycles. The third-order valence-corrected chi connectivity index (χ3v) is 6.27. The molecule has 0 radical (unpaired) electrons. The zero-order valence-electron chi connectivity index (χ0n) is 19.2. The van der Waals surface area contributed by atoms with Crippen LogP contribution in [0.3, 0.4) is 0 Å². The highest BCUT2D eigenvalue weighted by Gasteiger charge is 2.53. The molecular weight excluding hydrogens is 438 g/mol. The summed E-state index contributed by atoms with van der Waals surface area (Å²) in [6.07, 6.45) is -1.86. The average Bonchev–Trinajstić information content (AvgIpc) is 2.82. The lowest BCUT2D eigenvalue weighted by Crippen LogP contribution is -2.66. The van der Waals surface area contributed by atoms with Gasteiger partial charge in [0, 0.05) is 23.5 Å². The van der Waals surface area contributed by atoms with Crippen LogP contribution >= 0.6 is 0 Å². The molecule has 0 bridgehead atoms. The van der Waals surface area contributed by atoms with E-state index in [1.165, 1.54) is 6.92 Å². The van der Waals surface area contributed by atoms with Gasteiger partial charge in [0.2, 0.25) is 6.29 Å². The summed E-state index contributed by atoms with van der Waals surface area (Å²) in [4.78, 5) is 4.37. The fraction of sp³-hybridized carbons (Fsp3) is 0.346. The second kappa shape index (κ2) is 9.32. The summed E-state index contributed by atoms with van der Waals surface area (Å²) in [6.45, 7) is 4.46. The van der Waals surface area contributed by atoms with Crippen molar-refractivity contribution in [2.24, 2.45) is 0 Å². The van der Waals surface area contributed by atoms with Crippen molar-refractivity contribution in [1.29, 1.82) is 0 Å². The van der Waals surface area contributed by atoms with Gasteiger partial charge in [0.25, 0.3) is 0 Å². The first kappa shape index (κ1) is 24.1. The summed E-state index contributed by atoms with van der Waals surface area (Å²) in [5.41, 5.74) is 3.28. The maximum atomic E-state index is 10.7. The molecule has 1 aliphatic rings. The lowest BCUT2D eigenvalue weighted by Gasteiger charge is -2.45. The van der Waals surface area contributed by atoms with Gasteiger partial charge in [-0.15, -0.1) is 0 Å². The third-order valence-electron chi connectivity index (χ3n) is 6.27. The van der Waals surface area contributed by atoms with Gasteiger partial charge >= 0.3 is 0 Å². The molecule has 0 spiro atoms. The molecule has 1 aromatic heterocycles. The maximum Gasteiger partial charge on any atom is 0.231 e. The van der Waals surface area contributed by atoms with E-state index >= 15 is 0 Å². The summed E-state index contributed by atoms with van der Waals surface area (Å²) in [7, 11) is 0. The van der Waals surface area contributed by atoms with Crippen LogP contribution in [0.25, 0.3) is 22.3 Å². The average molecular weight is 468 g/mol. The van der Waals surface area contributed by atoms with Gasteiger partial charge in [0.15, 0.2) is 5.60 Å². The molecule has 2 heterocycles. The molecule has 180 valence electrons. The monoisotopic (exact) mass is 467 g/mol. The predicted octanol–water partition coefficient (Wildman–Crippen LogP) is 2.31. The van der Waals surface area contributed by atoms with E-state index in [4.69, 9.17) is 9.47 Å². The molecule has 8 nitrogen and oxygen atoms in total. The van der Waals surface area contributed by atoms with Gasteiger partial charge in [-0.2, -0.15) is 0 Å². The quantitative estimate of drug-likeness (QED) is 0.386. The van der Waals surface area contributed by atoms with Crippen molar-refractivity contribution in [3.05, 3.63) is 66.0 Å². The number of aromatic nitrogens is 1. The van der Waals surface area contributed by atoms with Crippen LogP contribution in [0.5, 0.6) is 11.5 Å². The van der Waals surface area contributed by atoms with Gasteiger partial charge in [0.1, 0.15) is 29.8 Å². The van der Waals surface area contributed by atoms with Crippen LogP contribution in [0.15, 0.2) is 54.9 Å². The van der Waals surface area contributed by atoms with Crippen molar-refractivity contribution in [3.8, 4) is 33.8 Å². The van der Waals surface area contributed by atoms with E-state index in [0.717, 1.165) is 33.4 Å². The Bertz CT molecular complexity index is 1180. The number of aryl methyl sites for hydroxylation is 2. The van der Waals surface area contributed by atoms with Crippen LogP contribution < -0.4 is 4.74 Å². The van der Waals surface area contributed by atoms with Crippen LogP contribution in [-0.2, 0) is 4.74 Å². The van der Waals surface area contributed by atoms with Crippen molar-refractivity contribution in [1.82, 2.24) is 4.98 Å². The number of nitrogens with zero attached hydrogens (tertiary/aromatic N) is 1. The number of hydrogen-bond acceptors (Lipinski definition) is 8. The highest BCUT2D eigenvalue weighted by atomic mass is 16.7. The number of phenols is 1. The van der Waals surface area contributed by atoms with Gasteiger partial charge in [0.05, 0.1) is 6.61 Å². The van der Waals surface area contributed by atoms with Crippen molar-refractivity contribution >= 4 is 0 Å². The van der Waals surface area contributed by atoms with E-state index in [2.05, 4.69) is 4.98 Å². The third kappa shape index (κ3) is 4.51. The van der Waals surface area contributed by atoms with Crippen molar-refractivity contribution in [2.75, 3.05) is 6.61 Å². The number of phenolic OH excluding ortho intramolecular Hbond substituents is 1. The number of rotatable bonds is 5.